The van der Waals surface area contributed by atoms with Gasteiger partial charge in [-0.2, -0.15) is 0 Å². The molecule has 2 atom stereocenters. The summed E-state index contributed by atoms with van der Waals surface area (Å²) in [6.45, 7) is 3.00. The standard InChI is InChI=1S/C13H20N2O2/c1-15(9-12-4-2-3-6-14-12)8-11-10-17-7-5-13(11)16/h2-4,6,11,13,16H,5,7-10H2,1H3. The number of rotatable bonds is 4. The number of ether oxygens (including phenoxy) is 1. The maximum Gasteiger partial charge on any atom is 0.0624 e. The van der Waals surface area contributed by atoms with Gasteiger partial charge in [-0.1, -0.05) is 6.07 Å². The molecule has 2 rings (SSSR count). The van der Waals surface area contributed by atoms with Crippen LogP contribution in [-0.2, 0) is 11.3 Å². The van der Waals surface area contributed by atoms with Gasteiger partial charge in [0.1, 0.15) is 0 Å². The third-order valence-corrected chi connectivity index (χ3v) is 3.14. The van der Waals surface area contributed by atoms with Gasteiger partial charge in [-0.25, -0.2) is 0 Å². The summed E-state index contributed by atoms with van der Waals surface area (Å²) < 4.78 is 5.40. The van der Waals surface area contributed by atoms with Gasteiger partial charge in [-0.3, -0.25) is 4.98 Å². The van der Waals surface area contributed by atoms with Gasteiger partial charge < -0.3 is 14.7 Å². The molecule has 4 nitrogen and oxygen atoms in total. The van der Waals surface area contributed by atoms with E-state index in [2.05, 4.69) is 16.9 Å². The summed E-state index contributed by atoms with van der Waals surface area (Å²) >= 11 is 0. The van der Waals surface area contributed by atoms with Crippen molar-refractivity contribution in [1.82, 2.24) is 9.88 Å². The monoisotopic (exact) mass is 236 g/mol. The highest BCUT2D eigenvalue weighted by molar-refractivity contribution is 5.03. The molecule has 4 heteroatoms. The van der Waals surface area contributed by atoms with Crippen molar-refractivity contribution < 1.29 is 9.84 Å². The van der Waals surface area contributed by atoms with Crippen molar-refractivity contribution in [3.05, 3.63) is 30.1 Å². The zero-order valence-corrected chi connectivity index (χ0v) is 10.2. The summed E-state index contributed by atoms with van der Waals surface area (Å²) in [5.41, 5.74) is 1.06. The van der Waals surface area contributed by atoms with Gasteiger partial charge >= 0.3 is 0 Å². The van der Waals surface area contributed by atoms with Crippen LogP contribution in [0.3, 0.4) is 0 Å². The molecule has 2 unspecified atom stereocenters. The summed E-state index contributed by atoms with van der Waals surface area (Å²) in [6, 6.07) is 5.93. The van der Waals surface area contributed by atoms with E-state index in [-0.39, 0.29) is 12.0 Å². The van der Waals surface area contributed by atoms with Gasteiger partial charge in [-0.15, -0.1) is 0 Å². The van der Waals surface area contributed by atoms with E-state index in [1.54, 1.807) is 0 Å². The number of hydrogen-bond acceptors (Lipinski definition) is 4. The maximum atomic E-state index is 9.86. The summed E-state index contributed by atoms with van der Waals surface area (Å²) in [5.74, 6) is 0.220. The lowest BCUT2D eigenvalue weighted by Gasteiger charge is -2.31. The van der Waals surface area contributed by atoms with E-state index in [1.807, 2.05) is 24.4 Å². The van der Waals surface area contributed by atoms with Crippen LogP contribution in [0.2, 0.25) is 0 Å². The smallest absolute Gasteiger partial charge is 0.0624 e. The lowest BCUT2D eigenvalue weighted by atomic mass is 9.98. The molecule has 0 aliphatic carbocycles. The molecular weight excluding hydrogens is 216 g/mol. The van der Waals surface area contributed by atoms with Crippen molar-refractivity contribution in [3.63, 3.8) is 0 Å². The molecule has 1 saturated heterocycles. The van der Waals surface area contributed by atoms with Crippen LogP contribution < -0.4 is 0 Å². The number of aliphatic hydroxyl groups excluding tert-OH is 1. The highest BCUT2D eigenvalue weighted by Gasteiger charge is 2.24. The Kier molecular flexibility index (Phi) is 4.48. The van der Waals surface area contributed by atoms with Crippen LogP contribution in [0.15, 0.2) is 24.4 Å². The van der Waals surface area contributed by atoms with Crippen molar-refractivity contribution in [2.45, 2.75) is 19.1 Å². The molecule has 1 aromatic heterocycles. The van der Waals surface area contributed by atoms with Gasteiger partial charge in [0.2, 0.25) is 0 Å². The number of aliphatic hydroxyl groups is 1. The Bertz CT molecular complexity index is 331. The third-order valence-electron chi connectivity index (χ3n) is 3.14. The number of aromatic nitrogens is 1. The average Bonchev–Trinajstić information content (AvgIpc) is 2.33. The summed E-state index contributed by atoms with van der Waals surface area (Å²) in [6.07, 6.45) is 2.33. The van der Waals surface area contributed by atoms with Crippen LogP contribution in [0.4, 0.5) is 0 Å². The van der Waals surface area contributed by atoms with Crippen molar-refractivity contribution in [3.8, 4) is 0 Å². The Labute approximate surface area is 102 Å². The molecule has 0 bridgehead atoms. The Morgan fingerprint density at radius 2 is 2.41 bits per heavy atom. The van der Waals surface area contributed by atoms with Gasteiger partial charge in [0.25, 0.3) is 0 Å². The minimum absolute atomic E-state index is 0.220. The molecule has 0 spiro atoms. The Balaban J connectivity index is 1.82. The molecule has 0 amide bonds. The fraction of sp³-hybridized carbons (Fsp3) is 0.615. The van der Waals surface area contributed by atoms with Crippen LogP contribution in [0.5, 0.6) is 0 Å². The minimum Gasteiger partial charge on any atom is -0.393 e. The minimum atomic E-state index is -0.227. The first kappa shape index (κ1) is 12.5. The molecule has 17 heavy (non-hydrogen) atoms. The van der Waals surface area contributed by atoms with Crippen molar-refractivity contribution in [2.75, 3.05) is 26.8 Å². The molecule has 2 heterocycles. The molecule has 0 saturated carbocycles. The molecule has 1 fully saturated rings. The highest BCUT2D eigenvalue weighted by Crippen LogP contribution is 2.16. The van der Waals surface area contributed by atoms with Gasteiger partial charge in [0, 0.05) is 31.8 Å². The fourth-order valence-corrected chi connectivity index (χ4v) is 2.19. The first-order chi connectivity index (χ1) is 8.25. The van der Waals surface area contributed by atoms with Crippen LogP contribution in [0.1, 0.15) is 12.1 Å². The predicted octanol–water partition coefficient (Wildman–Crippen LogP) is 0.911. The van der Waals surface area contributed by atoms with E-state index < -0.39 is 0 Å². The van der Waals surface area contributed by atoms with Crippen molar-refractivity contribution in [1.29, 1.82) is 0 Å². The van der Waals surface area contributed by atoms with E-state index in [9.17, 15) is 5.11 Å². The number of hydrogen-bond donors (Lipinski definition) is 1. The second kappa shape index (κ2) is 6.10. The zero-order chi connectivity index (χ0) is 12.1. The number of pyridine rings is 1. The third kappa shape index (κ3) is 3.77. The topological polar surface area (TPSA) is 45.6 Å². The second-order valence-corrected chi connectivity index (χ2v) is 4.71. The zero-order valence-electron chi connectivity index (χ0n) is 10.2. The predicted molar refractivity (Wildman–Crippen MR) is 65.5 cm³/mol. The first-order valence-corrected chi connectivity index (χ1v) is 6.10. The number of nitrogens with zero attached hydrogens (tertiary/aromatic N) is 2. The van der Waals surface area contributed by atoms with Crippen LogP contribution in [0.25, 0.3) is 0 Å². The molecule has 1 aliphatic rings. The SMILES string of the molecule is CN(Cc1ccccn1)CC1COCCC1O. The maximum absolute atomic E-state index is 9.86. The normalized spacial score (nSPS) is 25.1. The van der Waals surface area contributed by atoms with Crippen LogP contribution in [-0.4, -0.2) is 47.9 Å². The molecule has 1 aromatic rings. The van der Waals surface area contributed by atoms with Gasteiger partial charge in [0.05, 0.1) is 18.4 Å². The van der Waals surface area contributed by atoms with E-state index in [4.69, 9.17) is 4.74 Å². The molecular formula is C13H20N2O2. The summed E-state index contributed by atoms with van der Waals surface area (Å²) in [5, 5.41) is 9.86. The van der Waals surface area contributed by atoms with Crippen molar-refractivity contribution in [2.24, 2.45) is 5.92 Å². The van der Waals surface area contributed by atoms with Crippen LogP contribution in [0, 0.1) is 5.92 Å². The lowest BCUT2D eigenvalue weighted by molar-refractivity contribution is -0.0451. The van der Waals surface area contributed by atoms with Crippen LogP contribution >= 0.6 is 0 Å². The molecule has 0 aromatic carbocycles. The van der Waals surface area contributed by atoms with Gasteiger partial charge in [0.15, 0.2) is 0 Å². The summed E-state index contributed by atoms with van der Waals surface area (Å²) in [4.78, 5) is 6.48. The van der Waals surface area contributed by atoms with Crippen molar-refractivity contribution >= 4 is 0 Å². The highest BCUT2D eigenvalue weighted by atomic mass is 16.5. The second-order valence-electron chi connectivity index (χ2n) is 4.71. The molecule has 94 valence electrons. The average molecular weight is 236 g/mol. The van der Waals surface area contributed by atoms with E-state index in [0.29, 0.717) is 13.2 Å². The molecule has 1 N–H and O–H groups in total. The first-order valence-electron chi connectivity index (χ1n) is 6.10. The Hall–Kier alpha value is -0.970. The fourth-order valence-electron chi connectivity index (χ4n) is 2.19. The molecule has 1 aliphatic heterocycles. The van der Waals surface area contributed by atoms with Gasteiger partial charge in [-0.05, 0) is 25.6 Å². The molecule has 0 radical (unpaired) electrons. The Morgan fingerprint density at radius 3 is 3.12 bits per heavy atom. The Morgan fingerprint density at radius 1 is 1.53 bits per heavy atom. The largest absolute Gasteiger partial charge is 0.393 e. The van der Waals surface area contributed by atoms with E-state index >= 15 is 0 Å². The quantitative estimate of drug-likeness (QED) is 0.844. The summed E-state index contributed by atoms with van der Waals surface area (Å²) in [7, 11) is 2.05. The lowest BCUT2D eigenvalue weighted by Crippen LogP contribution is -2.39. The van der Waals surface area contributed by atoms with E-state index in [0.717, 1.165) is 25.2 Å². The van der Waals surface area contributed by atoms with E-state index in [1.165, 1.54) is 0 Å².